The van der Waals surface area contributed by atoms with E-state index in [0.717, 1.165) is 25.9 Å². The number of rotatable bonds is 8. The van der Waals surface area contributed by atoms with E-state index < -0.39 is 0 Å². The van der Waals surface area contributed by atoms with Gasteiger partial charge in [0.15, 0.2) is 0 Å². The van der Waals surface area contributed by atoms with E-state index in [1.54, 1.807) is 19.2 Å². The van der Waals surface area contributed by atoms with Crippen LogP contribution in [0.1, 0.15) is 63.7 Å². The number of hydrogen-bond acceptors (Lipinski definition) is 4. The minimum atomic E-state index is -0.274. The van der Waals surface area contributed by atoms with Crippen molar-refractivity contribution in [1.29, 1.82) is 0 Å². The van der Waals surface area contributed by atoms with Crippen LogP contribution in [0.15, 0.2) is 42.0 Å². The monoisotopic (exact) mass is 400 g/mol. The molecule has 1 aromatic carbocycles. The van der Waals surface area contributed by atoms with E-state index in [9.17, 15) is 4.79 Å². The summed E-state index contributed by atoms with van der Waals surface area (Å²) < 4.78 is 18.1. The molecule has 2 fully saturated rings. The predicted octanol–water partition coefficient (Wildman–Crippen LogP) is 5.42. The molecule has 160 valence electrons. The Bertz CT molecular complexity index is 705. The van der Waals surface area contributed by atoms with Crippen LogP contribution in [0, 0.1) is 17.8 Å². The second-order valence-corrected chi connectivity index (χ2v) is 9.06. The number of benzene rings is 1. The van der Waals surface area contributed by atoms with Crippen LogP contribution < -0.4 is 0 Å². The molecule has 4 heteroatoms. The Hall–Kier alpha value is -1.65. The summed E-state index contributed by atoms with van der Waals surface area (Å²) in [5.74, 6) is 0.758. The topological polar surface area (TPSA) is 48.1 Å². The molecule has 4 nitrogen and oxygen atoms in total. The largest absolute Gasteiger partial charge is 0.456 e. The Kier molecular flexibility index (Phi) is 7.18. The second kappa shape index (κ2) is 9.44. The fraction of sp³-hybridized carbons (Fsp3) is 0.640. The van der Waals surface area contributed by atoms with Gasteiger partial charge in [0.1, 0.15) is 17.8 Å². The molecule has 0 unspecified atom stereocenters. The van der Waals surface area contributed by atoms with Crippen LogP contribution in [0.4, 0.5) is 0 Å². The Morgan fingerprint density at radius 3 is 2.52 bits per heavy atom. The highest BCUT2D eigenvalue weighted by Crippen LogP contribution is 2.53. The number of hydrogen-bond donors (Lipinski definition) is 0. The molecule has 0 N–H and O–H groups in total. The molecule has 29 heavy (non-hydrogen) atoms. The van der Waals surface area contributed by atoms with E-state index in [-0.39, 0.29) is 35.6 Å². The predicted molar refractivity (Wildman–Crippen MR) is 115 cm³/mol. The molecule has 1 saturated carbocycles. The fourth-order valence-electron chi connectivity index (χ4n) is 4.86. The molecule has 1 spiro atoms. The van der Waals surface area contributed by atoms with Gasteiger partial charge >= 0.3 is 5.97 Å². The summed E-state index contributed by atoms with van der Waals surface area (Å²) in [6.07, 6.45) is 5.93. The maximum absolute atomic E-state index is 12.8. The molecule has 2 aliphatic rings. The lowest BCUT2D eigenvalue weighted by atomic mass is 9.67. The summed E-state index contributed by atoms with van der Waals surface area (Å²) in [6.45, 7) is 9.60. The van der Waals surface area contributed by atoms with Gasteiger partial charge in [0.2, 0.25) is 0 Å². The van der Waals surface area contributed by atoms with Gasteiger partial charge in [-0.25, -0.2) is 4.79 Å². The fourth-order valence-corrected chi connectivity index (χ4v) is 4.86. The summed E-state index contributed by atoms with van der Waals surface area (Å²) >= 11 is 0. The van der Waals surface area contributed by atoms with Crippen molar-refractivity contribution in [2.24, 2.45) is 17.8 Å². The van der Waals surface area contributed by atoms with Crippen molar-refractivity contribution in [3.8, 4) is 0 Å². The molecular weight excluding hydrogens is 364 g/mol. The molecule has 1 aliphatic carbocycles. The van der Waals surface area contributed by atoms with Crippen molar-refractivity contribution in [3.63, 3.8) is 0 Å². The third-order valence-electron chi connectivity index (χ3n) is 6.56. The van der Waals surface area contributed by atoms with Crippen molar-refractivity contribution in [2.45, 2.75) is 71.2 Å². The van der Waals surface area contributed by atoms with Crippen molar-refractivity contribution >= 4 is 5.97 Å². The summed E-state index contributed by atoms with van der Waals surface area (Å²) in [6, 6.07) is 9.22. The average molecular weight is 401 g/mol. The quantitative estimate of drug-likeness (QED) is 0.332. The summed E-state index contributed by atoms with van der Waals surface area (Å²) in [5.41, 5.74) is 1.72. The summed E-state index contributed by atoms with van der Waals surface area (Å²) in [7, 11) is 1.73. The highest BCUT2D eigenvalue weighted by atomic mass is 16.6. The van der Waals surface area contributed by atoms with Gasteiger partial charge in [-0.2, -0.15) is 0 Å². The molecule has 3 rings (SSSR count). The van der Waals surface area contributed by atoms with Crippen LogP contribution in [-0.4, -0.2) is 37.5 Å². The lowest BCUT2D eigenvalue weighted by Crippen LogP contribution is -2.54. The minimum absolute atomic E-state index is 0.121. The average Bonchev–Trinajstić information content (AvgIpc) is 3.48. The number of ether oxygens (including phenoxy) is 3. The molecule has 1 aliphatic heterocycles. The van der Waals surface area contributed by atoms with Crippen molar-refractivity contribution in [1.82, 2.24) is 0 Å². The van der Waals surface area contributed by atoms with Crippen molar-refractivity contribution < 1.29 is 19.0 Å². The normalized spacial score (nSPS) is 31.9. The first-order chi connectivity index (χ1) is 13.9. The maximum atomic E-state index is 12.8. The molecule has 0 bridgehead atoms. The van der Waals surface area contributed by atoms with E-state index in [1.807, 2.05) is 18.2 Å². The third kappa shape index (κ3) is 4.92. The number of methoxy groups -OCH3 is 1. The summed E-state index contributed by atoms with van der Waals surface area (Å²) in [4.78, 5) is 12.8. The Morgan fingerprint density at radius 1 is 1.28 bits per heavy atom. The SMILES string of the molecule is CC[C@@H]1C[C@]2(CO2)[C@@H](/C(C)=C/CCC(C)C)[C@H](OC)[C@@H]1OC(=O)c1ccccc1. The highest BCUT2D eigenvalue weighted by Gasteiger charge is 2.62. The smallest absolute Gasteiger partial charge is 0.338 e. The number of allylic oxidation sites excluding steroid dienone is 1. The standard InChI is InChI=1S/C25H36O4/c1-6-19-15-25(16-28-25)21(18(4)12-10-11-17(2)3)23(27-5)22(19)29-24(26)20-13-8-7-9-14-20/h7-9,12-14,17,19,21-23H,6,10-11,15-16H2,1-5H3/b18-12+/t19-,21+,22-,23+,25+/m1/s1. The van der Waals surface area contributed by atoms with Crippen LogP contribution in [0.25, 0.3) is 0 Å². The van der Waals surface area contributed by atoms with Crippen LogP contribution in [0.2, 0.25) is 0 Å². The van der Waals surface area contributed by atoms with Gasteiger partial charge in [0.25, 0.3) is 0 Å². The lowest BCUT2D eigenvalue weighted by molar-refractivity contribution is -0.120. The molecule has 0 aromatic heterocycles. The zero-order valence-electron chi connectivity index (χ0n) is 18.5. The number of carbonyl (C=O) groups is 1. The molecule has 0 amide bonds. The molecule has 1 heterocycles. The Balaban J connectivity index is 1.84. The van der Waals surface area contributed by atoms with E-state index in [0.29, 0.717) is 11.5 Å². The van der Waals surface area contributed by atoms with Gasteiger partial charge in [-0.1, -0.05) is 50.6 Å². The van der Waals surface area contributed by atoms with Gasteiger partial charge in [0, 0.05) is 18.9 Å². The van der Waals surface area contributed by atoms with E-state index in [4.69, 9.17) is 14.2 Å². The van der Waals surface area contributed by atoms with Gasteiger partial charge in [-0.05, 0) is 50.7 Å². The van der Waals surface area contributed by atoms with E-state index in [1.165, 1.54) is 12.0 Å². The van der Waals surface area contributed by atoms with E-state index in [2.05, 4.69) is 33.8 Å². The van der Waals surface area contributed by atoms with Crippen LogP contribution in [0.3, 0.4) is 0 Å². The zero-order valence-corrected chi connectivity index (χ0v) is 18.5. The van der Waals surface area contributed by atoms with Crippen LogP contribution >= 0.6 is 0 Å². The van der Waals surface area contributed by atoms with Gasteiger partial charge in [0.05, 0.1) is 12.2 Å². The summed E-state index contributed by atoms with van der Waals surface area (Å²) in [5, 5.41) is 0. The first-order valence-corrected chi connectivity index (χ1v) is 11.0. The maximum Gasteiger partial charge on any atom is 0.338 e. The first-order valence-electron chi connectivity index (χ1n) is 11.0. The van der Waals surface area contributed by atoms with Crippen molar-refractivity contribution in [3.05, 3.63) is 47.5 Å². The second-order valence-electron chi connectivity index (χ2n) is 9.06. The van der Waals surface area contributed by atoms with Gasteiger partial charge in [-0.15, -0.1) is 0 Å². The van der Waals surface area contributed by atoms with Crippen LogP contribution in [-0.2, 0) is 14.2 Å². The van der Waals surface area contributed by atoms with Crippen molar-refractivity contribution in [2.75, 3.05) is 13.7 Å². The molecule has 1 saturated heterocycles. The Labute approximate surface area is 175 Å². The third-order valence-corrected chi connectivity index (χ3v) is 6.56. The lowest BCUT2D eigenvalue weighted by Gasteiger charge is -2.45. The number of esters is 1. The first kappa shape index (κ1) is 22.0. The van der Waals surface area contributed by atoms with E-state index >= 15 is 0 Å². The van der Waals surface area contributed by atoms with Gasteiger partial charge in [-0.3, -0.25) is 0 Å². The number of carbonyl (C=O) groups excluding carboxylic acids is 1. The van der Waals surface area contributed by atoms with Crippen LogP contribution in [0.5, 0.6) is 0 Å². The molecule has 0 radical (unpaired) electrons. The molecule has 5 atom stereocenters. The number of epoxide rings is 1. The molecular formula is C25H36O4. The van der Waals surface area contributed by atoms with Gasteiger partial charge < -0.3 is 14.2 Å². The minimum Gasteiger partial charge on any atom is -0.456 e. The Morgan fingerprint density at radius 2 is 1.97 bits per heavy atom. The highest BCUT2D eigenvalue weighted by molar-refractivity contribution is 5.89. The zero-order chi connectivity index (χ0) is 21.0. The molecule has 1 aromatic rings.